The van der Waals surface area contributed by atoms with Gasteiger partial charge in [0.2, 0.25) is 6.29 Å². The number of amides is 1. The van der Waals surface area contributed by atoms with E-state index >= 15 is 0 Å². The van der Waals surface area contributed by atoms with Gasteiger partial charge in [-0.3, -0.25) is 4.79 Å². The summed E-state index contributed by atoms with van der Waals surface area (Å²) in [6.07, 6.45) is 2.28. The van der Waals surface area contributed by atoms with Crippen LogP contribution in [0.4, 0.5) is 0 Å². The van der Waals surface area contributed by atoms with Gasteiger partial charge in [-0.2, -0.15) is 0 Å². The van der Waals surface area contributed by atoms with Crippen LogP contribution in [0, 0.1) is 17.8 Å². The van der Waals surface area contributed by atoms with Crippen molar-refractivity contribution in [2.24, 2.45) is 17.8 Å². The van der Waals surface area contributed by atoms with E-state index in [1.807, 2.05) is 13.0 Å². The molecule has 0 bridgehead atoms. The zero-order valence-electron chi connectivity index (χ0n) is 18.0. The van der Waals surface area contributed by atoms with E-state index in [2.05, 4.69) is 13.8 Å². The zero-order chi connectivity index (χ0) is 21.1. The number of aliphatic hydroxyl groups is 1. The van der Waals surface area contributed by atoms with Crippen molar-refractivity contribution in [3.63, 3.8) is 0 Å². The molecule has 1 amide bonds. The first kappa shape index (κ1) is 24.1. The third-order valence-electron chi connectivity index (χ3n) is 5.24. The lowest BCUT2D eigenvalue weighted by molar-refractivity contribution is -0.181. The van der Waals surface area contributed by atoms with Gasteiger partial charge in [0.15, 0.2) is 5.76 Å². The van der Waals surface area contributed by atoms with Crippen LogP contribution in [0.5, 0.6) is 0 Å². The maximum atomic E-state index is 12.9. The molecule has 0 spiro atoms. The molecule has 8 heteroatoms. The number of allylic oxidation sites excluding steroid dienone is 1. The quantitative estimate of drug-likeness (QED) is 0.483. The van der Waals surface area contributed by atoms with Gasteiger partial charge >= 0.3 is 0 Å². The molecule has 29 heavy (non-hydrogen) atoms. The van der Waals surface area contributed by atoms with E-state index < -0.39 is 6.29 Å². The maximum absolute atomic E-state index is 12.9. The van der Waals surface area contributed by atoms with Gasteiger partial charge in [-0.15, -0.1) is 0 Å². The number of carbonyl (C=O) groups excluding carboxylic acids is 1. The lowest BCUT2D eigenvalue weighted by Crippen LogP contribution is -2.45. The number of morpholine rings is 1. The van der Waals surface area contributed by atoms with Crippen molar-refractivity contribution < 1.29 is 33.6 Å². The first-order chi connectivity index (χ1) is 14.1. The van der Waals surface area contributed by atoms with E-state index in [-0.39, 0.29) is 24.3 Å². The largest absolute Gasteiger partial charge is 0.459 e. The van der Waals surface area contributed by atoms with E-state index in [0.29, 0.717) is 71.0 Å². The van der Waals surface area contributed by atoms with Gasteiger partial charge in [-0.1, -0.05) is 13.8 Å². The molecule has 1 saturated heterocycles. The first-order valence-electron chi connectivity index (χ1n) is 10.7. The van der Waals surface area contributed by atoms with Crippen molar-refractivity contribution >= 4 is 5.91 Å². The van der Waals surface area contributed by atoms with Gasteiger partial charge in [0, 0.05) is 32.2 Å². The normalized spacial score (nSPS) is 25.1. The number of ether oxygens (including phenoxy) is 5. The number of hydrogen-bond donors (Lipinski definition) is 1. The number of nitrogens with zero attached hydrogens (tertiary/aromatic N) is 1. The average molecular weight is 416 g/mol. The van der Waals surface area contributed by atoms with E-state index in [1.165, 1.54) is 0 Å². The van der Waals surface area contributed by atoms with Crippen LogP contribution in [0.3, 0.4) is 0 Å². The van der Waals surface area contributed by atoms with Gasteiger partial charge in [0.05, 0.1) is 39.6 Å². The third-order valence-corrected chi connectivity index (χ3v) is 5.24. The molecule has 0 aromatic carbocycles. The minimum atomic E-state index is -0.466. The third kappa shape index (κ3) is 7.53. The molecule has 3 atom stereocenters. The van der Waals surface area contributed by atoms with Crippen LogP contribution < -0.4 is 0 Å². The predicted octanol–water partition coefficient (Wildman–Crippen LogP) is 1.43. The maximum Gasteiger partial charge on any atom is 0.288 e. The molecule has 2 heterocycles. The summed E-state index contributed by atoms with van der Waals surface area (Å²) in [5.41, 5.74) is 0. The van der Waals surface area contributed by atoms with E-state index in [0.717, 1.165) is 6.42 Å². The molecule has 0 radical (unpaired) electrons. The monoisotopic (exact) mass is 415 g/mol. The van der Waals surface area contributed by atoms with Crippen molar-refractivity contribution in [3.8, 4) is 0 Å². The topological polar surface area (TPSA) is 86.7 Å². The van der Waals surface area contributed by atoms with Crippen molar-refractivity contribution in [1.82, 2.24) is 4.90 Å². The van der Waals surface area contributed by atoms with Crippen LogP contribution in [0.2, 0.25) is 0 Å². The smallest absolute Gasteiger partial charge is 0.288 e. The zero-order valence-corrected chi connectivity index (χ0v) is 18.0. The number of hydrogen-bond acceptors (Lipinski definition) is 7. The van der Waals surface area contributed by atoms with Gasteiger partial charge in [0.1, 0.15) is 0 Å². The fraction of sp³-hybridized carbons (Fsp3) is 0.857. The molecule has 2 aliphatic rings. The highest BCUT2D eigenvalue weighted by molar-refractivity contribution is 5.91. The number of aliphatic hydroxyl groups excluding tert-OH is 1. The summed E-state index contributed by atoms with van der Waals surface area (Å²) in [4.78, 5) is 14.7. The summed E-state index contributed by atoms with van der Waals surface area (Å²) < 4.78 is 28.2. The van der Waals surface area contributed by atoms with Crippen LogP contribution in [-0.2, 0) is 28.5 Å². The van der Waals surface area contributed by atoms with E-state index in [1.54, 1.807) is 4.90 Å². The molecular weight excluding hydrogens is 378 g/mol. The van der Waals surface area contributed by atoms with Crippen LogP contribution in [0.25, 0.3) is 0 Å². The summed E-state index contributed by atoms with van der Waals surface area (Å²) in [5, 5.41) is 8.71. The minimum absolute atomic E-state index is 0.0172. The van der Waals surface area contributed by atoms with E-state index in [9.17, 15) is 4.79 Å². The fourth-order valence-corrected chi connectivity index (χ4v) is 3.72. The molecule has 2 rings (SSSR count). The first-order valence-corrected chi connectivity index (χ1v) is 10.7. The number of rotatable bonds is 12. The standard InChI is InChI=1S/C21H37NO7/c1-4-28-21-17(5-9-25-13-14-27-12-8-23)18(16(2)3)15-19(29-21)20(24)22-6-10-26-11-7-22/h15-18,21,23H,4-14H2,1-3H3. The predicted molar refractivity (Wildman–Crippen MR) is 107 cm³/mol. The molecule has 0 aromatic rings. The summed E-state index contributed by atoms with van der Waals surface area (Å²) in [5.74, 6) is 0.911. The Balaban J connectivity index is 1.99. The minimum Gasteiger partial charge on any atom is -0.459 e. The molecule has 0 saturated carbocycles. The lowest BCUT2D eigenvalue weighted by Gasteiger charge is -2.39. The van der Waals surface area contributed by atoms with Crippen molar-refractivity contribution in [2.45, 2.75) is 33.5 Å². The highest BCUT2D eigenvalue weighted by atomic mass is 16.7. The molecule has 1 fully saturated rings. The molecule has 1 N–H and O–H groups in total. The SMILES string of the molecule is CCOC1OC(C(=O)N2CCOCC2)=CC(C(C)C)C1CCOCCOCCO. The summed E-state index contributed by atoms with van der Waals surface area (Å²) in [6.45, 7) is 10.9. The summed E-state index contributed by atoms with van der Waals surface area (Å²) in [7, 11) is 0. The molecule has 8 nitrogen and oxygen atoms in total. The van der Waals surface area contributed by atoms with Gasteiger partial charge < -0.3 is 33.7 Å². The van der Waals surface area contributed by atoms with Crippen LogP contribution in [0.1, 0.15) is 27.2 Å². The second kappa shape index (κ2) is 13.2. The molecule has 2 aliphatic heterocycles. The Hall–Kier alpha value is -1.19. The van der Waals surface area contributed by atoms with E-state index in [4.69, 9.17) is 28.8 Å². The van der Waals surface area contributed by atoms with Crippen LogP contribution in [-0.4, -0.2) is 88.1 Å². The Morgan fingerprint density at radius 1 is 1.21 bits per heavy atom. The molecule has 168 valence electrons. The Labute approximate surface area is 174 Å². The summed E-state index contributed by atoms with van der Waals surface area (Å²) in [6, 6.07) is 0. The number of carbonyl (C=O) groups is 1. The Kier molecular flexibility index (Phi) is 10.9. The molecule has 3 unspecified atom stereocenters. The van der Waals surface area contributed by atoms with Crippen molar-refractivity contribution in [2.75, 3.05) is 65.9 Å². The van der Waals surface area contributed by atoms with Gasteiger partial charge in [0.25, 0.3) is 5.91 Å². The second-order valence-corrected chi connectivity index (χ2v) is 7.60. The van der Waals surface area contributed by atoms with Gasteiger partial charge in [-0.05, 0) is 31.3 Å². The Morgan fingerprint density at radius 2 is 1.90 bits per heavy atom. The second-order valence-electron chi connectivity index (χ2n) is 7.60. The lowest BCUT2D eigenvalue weighted by atomic mass is 9.79. The highest BCUT2D eigenvalue weighted by Gasteiger charge is 2.39. The molecule has 0 aliphatic carbocycles. The average Bonchev–Trinajstić information content (AvgIpc) is 2.73. The van der Waals surface area contributed by atoms with Gasteiger partial charge in [-0.25, -0.2) is 0 Å². The van der Waals surface area contributed by atoms with Crippen LogP contribution >= 0.6 is 0 Å². The summed E-state index contributed by atoms with van der Waals surface area (Å²) >= 11 is 0. The molecular formula is C21H37NO7. The van der Waals surface area contributed by atoms with Crippen molar-refractivity contribution in [1.29, 1.82) is 0 Å². The Morgan fingerprint density at radius 3 is 2.52 bits per heavy atom. The Bertz CT molecular complexity index is 505. The molecule has 0 aromatic heterocycles. The van der Waals surface area contributed by atoms with Crippen LogP contribution in [0.15, 0.2) is 11.8 Å². The highest BCUT2D eigenvalue weighted by Crippen LogP contribution is 2.36. The van der Waals surface area contributed by atoms with Crippen molar-refractivity contribution in [3.05, 3.63) is 11.8 Å². The fourth-order valence-electron chi connectivity index (χ4n) is 3.72.